The summed E-state index contributed by atoms with van der Waals surface area (Å²) >= 11 is 1.53. The fraction of sp³-hybridized carbons (Fsp3) is 0.500. The van der Waals surface area contributed by atoms with Gasteiger partial charge in [0.2, 0.25) is 5.91 Å². The predicted molar refractivity (Wildman–Crippen MR) is 115 cm³/mol. The molecule has 1 aliphatic rings. The monoisotopic (exact) mass is 415 g/mol. The zero-order valence-electron chi connectivity index (χ0n) is 17.8. The largest absolute Gasteiger partial charge is 0.494 e. The van der Waals surface area contributed by atoms with Gasteiger partial charge in [-0.05, 0) is 58.1 Å². The third kappa shape index (κ3) is 5.21. The third-order valence-corrected chi connectivity index (χ3v) is 5.59. The van der Waals surface area contributed by atoms with E-state index < -0.39 is 0 Å². The molecule has 2 aromatic rings. The molecule has 1 aliphatic heterocycles. The van der Waals surface area contributed by atoms with E-state index >= 15 is 0 Å². The Hall–Kier alpha value is -2.28. The molecule has 0 saturated heterocycles. The van der Waals surface area contributed by atoms with Gasteiger partial charge in [-0.15, -0.1) is 0 Å². The van der Waals surface area contributed by atoms with Crippen LogP contribution < -0.4 is 14.8 Å². The maximum atomic E-state index is 12.5. The number of hydrogen-bond donors (Lipinski definition) is 1. The normalized spacial score (nSPS) is 15.0. The summed E-state index contributed by atoms with van der Waals surface area (Å²) in [6.07, 6.45) is 4.05. The molecule has 3 rings (SSSR count). The van der Waals surface area contributed by atoms with E-state index in [2.05, 4.69) is 22.2 Å². The Morgan fingerprint density at radius 1 is 1.31 bits per heavy atom. The lowest BCUT2D eigenvalue weighted by Gasteiger charge is -2.14. The number of aromatic nitrogens is 2. The minimum absolute atomic E-state index is 0.00465. The van der Waals surface area contributed by atoms with Crippen molar-refractivity contribution in [1.82, 2.24) is 15.3 Å². The van der Waals surface area contributed by atoms with E-state index in [1.807, 2.05) is 39.2 Å². The maximum Gasteiger partial charge on any atom is 0.220 e. The molecule has 156 valence electrons. The average molecular weight is 416 g/mol. The quantitative estimate of drug-likeness (QED) is 0.522. The molecule has 0 radical (unpaired) electrons. The number of aryl methyl sites for hydroxylation is 2. The molecule has 2 heterocycles. The highest BCUT2D eigenvalue weighted by molar-refractivity contribution is 7.98. The van der Waals surface area contributed by atoms with Crippen molar-refractivity contribution in [2.45, 2.75) is 64.8 Å². The summed E-state index contributed by atoms with van der Waals surface area (Å²) in [5.74, 6) is 1.70. The van der Waals surface area contributed by atoms with Crippen molar-refractivity contribution in [1.29, 1.82) is 0 Å². The molecular weight excluding hydrogens is 386 g/mol. The van der Waals surface area contributed by atoms with E-state index in [0.29, 0.717) is 26.0 Å². The number of fused-ring (bicyclic) bond motifs is 1. The molecule has 0 saturated carbocycles. The van der Waals surface area contributed by atoms with Crippen LogP contribution in [0.2, 0.25) is 0 Å². The van der Waals surface area contributed by atoms with E-state index in [-0.39, 0.29) is 12.0 Å². The summed E-state index contributed by atoms with van der Waals surface area (Å²) in [7, 11) is 0. The highest BCUT2D eigenvalue weighted by atomic mass is 32.2. The van der Waals surface area contributed by atoms with Crippen molar-refractivity contribution in [2.75, 3.05) is 12.9 Å². The van der Waals surface area contributed by atoms with Gasteiger partial charge < -0.3 is 14.8 Å². The molecule has 29 heavy (non-hydrogen) atoms. The van der Waals surface area contributed by atoms with Crippen LogP contribution in [0.25, 0.3) is 0 Å². The SMILES string of the molecule is CCOc1cc2c(cc1CNC(=O)CCc1c(C)nc(SC)nc1C)O[C@H](C)C2. The van der Waals surface area contributed by atoms with Crippen molar-refractivity contribution in [3.8, 4) is 11.5 Å². The van der Waals surface area contributed by atoms with Crippen molar-refractivity contribution >= 4 is 17.7 Å². The second-order valence-electron chi connectivity index (χ2n) is 7.27. The molecule has 0 aliphatic carbocycles. The first-order chi connectivity index (χ1) is 13.9. The number of rotatable bonds is 8. The summed E-state index contributed by atoms with van der Waals surface area (Å²) in [5, 5.41) is 3.78. The van der Waals surface area contributed by atoms with Gasteiger partial charge in [-0.25, -0.2) is 9.97 Å². The summed E-state index contributed by atoms with van der Waals surface area (Å²) in [4.78, 5) is 21.4. The lowest BCUT2D eigenvalue weighted by atomic mass is 10.1. The molecule has 1 amide bonds. The molecule has 1 atom stereocenters. The van der Waals surface area contributed by atoms with Gasteiger partial charge in [0.1, 0.15) is 17.6 Å². The van der Waals surface area contributed by atoms with Crippen LogP contribution in [-0.4, -0.2) is 34.8 Å². The minimum Gasteiger partial charge on any atom is -0.494 e. The number of carbonyl (C=O) groups excluding carboxylic acids is 1. The summed E-state index contributed by atoms with van der Waals surface area (Å²) < 4.78 is 11.6. The second-order valence-corrected chi connectivity index (χ2v) is 8.04. The van der Waals surface area contributed by atoms with Crippen LogP contribution in [0, 0.1) is 13.8 Å². The van der Waals surface area contributed by atoms with Crippen LogP contribution in [0.15, 0.2) is 17.3 Å². The fourth-order valence-electron chi connectivity index (χ4n) is 3.59. The molecule has 1 N–H and O–H groups in total. The van der Waals surface area contributed by atoms with E-state index in [4.69, 9.17) is 9.47 Å². The van der Waals surface area contributed by atoms with Crippen molar-refractivity contribution in [2.24, 2.45) is 0 Å². The fourth-order valence-corrected chi connectivity index (χ4v) is 4.05. The lowest BCUT2D eigenvalue weighted by molar-refractivity contribution is -0.121. The van der Waals surface area contributed by atoms with Crippen LogP contribution >= 0.6 is 11.8 Å². The Kier molecular flexibility index (Phi) is 7.00. The average Bonchev–Trinajstić information content (AvgIpc) is 3.04. The number of benzene rings is 1. The Morgan fingerprint density at radius 2 is 2.03 bits per heavy atom. The standard InChI is InChI=1S/C22H29N3O3S/c1-6-27-19-10-16-9-13(2)28-20(16)11-17(19)12-23-21(26)8-7-18-14(3)24-22(29-5)25-15(18)4/h10-11,13H,6-9,12H2,1-5H3,(H,23,26)/t13-/m1/s1. The van der Waals surface area contributed by atoms with Crippen molar-refractivity contribution in [3.63, 3.8) is 0 Å². The zero-order chi connectivity index (χ0) is 21.0. The van der Waals surface area contributed by atoms with Crippen LogP contribution in [0.4, 0.5) is 0 Å². The van der Waals surface area contributed by atoms with Gasteiger partial charge >= 0.3 is 0 Å². The first-order valence-corrected chi connectivity index (χ1v) is 11.2. The number of nitrogens with zero attached hydrogens (tertiary/aromatic N) is 2. The van der Waals surface area contributed by atoms with Gasteiger partial charge in [-0.2, -0.15) is 0 Å². The van der Waals surface area contributed by atoms with Gasteiger partial charge in [0.15, 0.2) is 5.16 Å². The van der Waals surface area contributed by atoms with E-state index in [1.54, 1.807) is 0 Å². The molecular formula is C22H29N3O3S. The van der Waals surface area contributed by atoms with E-state index in [9.17, 15) is 4.79 Å². The van der Waals surface area contributed by atoms with E-state index in [0.717, 1.165) is 51.2 Å². The van der Waals surface area contributed by atoms with E-state index in [1.165, 1.54) is 11.8 Å². The van der Waals surface area contributed by atoms with Crippen LogP contribution in [0.3, 0.4) is 0 Å². The van der Waals surface area contributed by atoms with Crippen LogP contribution in [0.5, 0.6) is 11.5 Å². The molecule has 1 aromatic heterocycles. The maximum absolute atomic E-state index is 12.5. The highest BCUT2D eigenvalue weighted by Crippen LogP contribution is 2.35. The van der Waals surface area contributed by atoms with Crippen molar-refractivity contribution in [3.05, 3.63) is 40.2 Å². The predicted octanol–water partition coefficient (Wildman–Crippen LogP) is 3.79. The molecule has 6 nitrogen and oxygen atoms in total. The molecule has 0 fully saturated rings. The summed E-state index contributed by atoms with van der Waals surface area (Å²) in [6, 6.07) is 4.04. The molecule has 0 bridgehead atoms. The van der Waals surface area contributed by atoms with Gasteiger partial charge in [0.05, 0.1) is 6.61 Å². The Labute approximate surface area is 176 Å². The van der Waals surface area contributed by atoms with Gasteiger partial charge in [0.25, 0.3) is 0 Å². The molecule has 0 unspecified atom stereocenters. The second kappa shape index (κ2) is 9.48. The molecule has 0 spiro atoms. The topological polar surface area (TPSA) is 73.3 Å². The first kappa shape index (κ1) is 21.4. The Morgan fingerprint density at radius 3 is 2.69 bits per heavy atom. The Balaban J connectivity index is 1.62. The van der Waals surface area contributed by atoms with Gasteiger partial charge in [0, 0.05) is 41.9 Å². The number of nitrogens with one attached hydrogen (secondary N) is 1. The number of ether oxygens (including phenoxy) is 2. The number of thioether (sulfide) groups is 1. The van der Waals surface area contributed by atoms with Crippen molar-refractivity contribution < 1.29 is 14.3 Å². The van der Waals surface area contributed by atoms with Crippen LogP contribution in [-0.2, 0) is 24.2 Å². The molecule has 7 heteroatoms. The van der Waals surface area contributed by atoms with Crippen LogP contribution in [0.1, 0.15) is 48.3 Å². The summed E-state index contributed by atoms with van der Waals surface area (Å²) in [6.45, 7) is 8.97. The zero-order valence-corrected chi connectivity index (χ0v) is 18.6. The highest BCUT2D eigenvalue weighted by Gasteiger charge is 2.22. The first-order valence-electron chi connectivity index (χ1n) is 10.0. The number of amides is 1. The molecule has 1 aromatic carbocycles. The smallest absolute Gasteiger partial charge is 0.220 e. The lowest BCUT2D eigenvalue weighted by Crippen LogP contribution is -2.23. The summed E-state index contributed by atoms with van der Waals surface area (Å²) in [5.41, 5.74) is 5.04. The van der Waals surface area contributed by atoms with Gasteiger partial charge in [-0.3, -0.25) is 4.79 Å². The number of carbonyl (C=O) groups is 1. The minimum atomic E-state index is -0.00465. The third-order valence-electron chi connectivity index (χ3n) is 5.04. The Bertz CT molecular complexity index is 878. The van der Waals surface area contributed by atoms with Gasteiger partial charge in [-0.1, -0.05) is 11.8 Å². The number of hydrogen-bond acceptors (Lipinski definition) is 6.